The second-order valence-corrected chi connectivity index (χ2v) is 4.51. The standard InChI is InChI=1S/C11H17N3O2/c1-8(2)14-4-3-12-10(11(14)16)13-5-9(6-13)7-15/h3-4,8-9,15H,5-7H2,1-2H3. The second kappa shape index (κ2) is 4.25. The van der Waals surface area contributed by atoms with Gasteiger partial charge in [-0.15, -0.1) is 0 Å². The van der Waals surface area contributed by atoms with E-state index in [1.807, 2.05) is 18.7 Å². The van der Waals surface area contributed by atoms with Gasteiger partial charge in [0.05, 0.1) is 0 Å². The molecule has 1 aromatic rings. The van der Waals surface area contributed by atoms with Crippen molar-refractivity contribution in [1.29, 1.82) is 0 Å². The summed E-state index contributed by atoms with van der Waals surface area (Å²) in [6.07, 6.45) is 3.36. The maximum atomic E-state index is 12.0. The van der Waals surface area contributed by atoms with Crippen LogP contribution in [0.1, 0.15) is 19.9 Å². The third kappa shape index (κ3) is 1.82. The van der Waals surface area contributed by atoms with Crippen molar-refractivity contribution in [2.45, 2.75) is 19.9 Å². The van der Waals surface area contributed by atoms with Crippen molar-refractivity contribution in [1.82, 2.24) is 9.55 Å². The second-order valence-electron chi connectivity index (χ2n) is 4.51. The van der Waals surface area contributed by atoms with E-state index >= 15 is 0 Å². The molecule has 2 rings (SSSR count). The van der Waals surface area contributed by atoms with Crippen molar-refractivity contribution in [2.75, 3.05) is 24.6 Å². The van der Waals surface area contributed by atoms with E-state index in [1.54, 1.807) is 17.0 Å². The van der Waals surface area contributed by atoms with Crippen LogP contribution in [0.3, 0.4) is 0 Å². The molecule has 88 valence electrons. The minimum absolute atomic E-state index is 0.0473. The van der Waals surface area contributed by atoms with Gasteiger partial charge < -0.3 is 14.6 Å². The molecule has 0 radical (unpaired) electrons. The van der Waals surface area contributed by atoms with Gasteiger partial charge in [0.15, 0.2) is 5.82 Å². The fourth-order valence-corrected chi connectivity index (χ4v) is 1.90. The van der Waals surface area contributed by atoms with Crippen molar-refractivity contribution in [2.24, 2.45) is 5.92 Å². The number of nitrogens with zero attached hydrogens (tertiary/aromatic N) is 3. The maximum Gasteiger partial charge on any atom is 0.293 e. The molecule has 0 spiro atoms. The lowest BCUT2D eigenvalue weighted by atomic mass is 10.0. The van der Waals surface area contributed by atoms with Crippen molar-refractivity contribution in [3.8, 4) is 0 Å². The van der Waals surface area contributed by atoms with E-state index in [2.05, 4.69) is 4.98 Å². The molecule has 0 atom stereocenters. The summed E-state index contributed by atoms with van der Waals surface area (Å²) in [5.74, 6) is 0.787. The first-order valence-electron chi connectivity index (χ1n) is 5.56. The third-order valence-corrected chi connectivity index (χ3v) is 2.92. The zero-order valence-electron chi connectivity index (χ0n) is 9.63. The van der Waals surface area contributed by atoms with Gasteiger partial charge in [-0.25, -0.2) is 4.98 Å². The van der Waals surface area contributed by atoms with Crippen LogP contribution in [-0.2, 0) is 0 Å². The summed E-state index contributed by atoms with van der Waals surface area (Å²) in [6, 6.07) is 0.143. The largest absolute Gasteiger partial charge is 0.396 e. The van der Waals surface area contributed by atoms with Gasteiger partial charge in [0.1, 0.15) is 0 Å². The molecule has 0 amide bonds. The first-order valence-corrected chi connectivity index (χ1v) is 5.56. The Morgan fingerprint density at radius 1 is 1.56 bits per heavy atom. The molecule has 1 fully saturated rings. The Hall–Kier alpha value is -1.36. The number of hydrogen-bond acceptors (Lipinski definition) is 4. The molecule has 1 aliphatic heterocycles. The molecular weight excluding hydrogens is 206 g/mol. The average molecular weight is 223 g/mol. The van der Waals surface area contributed by atoms with Gasteiger partial charge in [0, 0.05) is 44.0 Å². The molecule has 5 nitrogen and oxygen atoms in total. The molecule has 1 N–H and O–H groups in total. The van der Waals surface area contributed by atoms with Gasteiger partial charge >= 0.3 is 0 Å². The van der Waals surface area contributed by atoms with Gasteiger partial charge in [-0.2, -0.15) is 0 Å². The highest BCUT2D eigenvalue weighted by molar-refractivity contribution is 5.39. The predicted molar refractivity (Wildman–Crippen MR) is 61.7 cm³/mol. The Morgan fingerprint density at radius 2 is 2.25 bits per heavy atom. The van der Waals surface area contributed by atoms with Crippen LogP contribution in [0, 0.1) is 5.92 Å². The van der Waals surface area contributed by atoms with Gasteiger partial charge in [0.2, 0.25) is 0 Å². The molecule has 0 aromatic carbocycles. The Kier molecular flexibility index (Phi) is 2.96. The topological polar surface area (TPSA) is 58.4 Å². The van der Waals surface area contributed by atoms with Crippen molar-refractivity contribution in [3.05, 3.63) is 22.7 Å². The Bertz CT molecular complexity index is 421. The van der Waals surface area contributed by atoms with E-state index in [4.69, 9.17) is 5.11 Å². The number of aromatic nitrogens is 2. The quantitative estimate of drug-likeness (QED) is 0.798. The van der Waals surface area contributed by atoms with Gasteiger partial charge in [-0.1, -0.05) is 0 Å². The van der Waals surface area contributed by atoms with Crippen molar-refractivity contribution >= 4 is 5.82 Å². The number of aliphatic hydroxyl groups is 1. The lowest BCUT2D eigenvalue weighted by Gasteiger charge is -2.38. The lowest BCUT2D eigenvalue weighted by Crippen LogP contribution is -2.51. The molecule has 1 aliphatic rings. The normalized spacial score (nSPS) is 16.6. The van der Waals surface area contributed by atoms with Crippen LogP contribution in [-0.4, -0.2) is 34.4 Å². The monoisotopic (exact) mass is 223 g/mol. The van der Waals surface area contributed by atoms with Crippen LogP contribution >= 0.6 is 0 Å². The molecule has 5 heteroatoms. The molecule has 16 heavy (non-hydrogen) atoms. The first kappa shape index (κ1) is 11.1. The van der Waals surface area contributed by atoms with E-state index in [0.29, 0.717) is 5.82 Å². The zero-order chi connectivity index (χ0) is 11.7. The molecule has 2 heterocycles. The Balaban J connectivity index is 2.23. The van der Waals surface area contributed by atoms with Gasteiger partial charge in [-0.3, -0.25) is 4.79 Å². The summed E-state index contributed by atoms with van der Waals surface area (Å²) in [6.45, 7) is 5.57. The van der Waals surface area contributed by atoms with Crippen LogP contribution in [0.15, 0.2) is 17.2 Å². The molecule has 1 saturated heterocycles. The minimum atomic E-state index is -0.0473. The zero-order valence-corrected chi connectivity index (χ0v) is 9.63. The molecule has 0 unspecified atom stereocenters. The Morgan fingerprint density at radius 3 is 2.81 bits per heavy atom. The predicted octanol–water partition coefficient (Wildman–Crippen LogP) is 0.253. The molecular formula is C11H17N3O2. The summed E-state index contributed by atoms with van der Waals surface area (Å²) in [5, 5.41) is 8.93. The van der Waals surface area contributed by atoms with E-state index in [-0.39, 0.29) is 24.1 Å². The first-order chi connectivity index (χ1) is 7.63. The average Bonchev–Trinajstić information content (AvgIpc) is 2.18. The highest BCUT2D eigenvalue weighted by atomic mass is 16.3. The summed E-state index contributed by atoms with van der Waals surface area (Å²) < 4.78 is 1.68. The third-order valence-electron chi connectivity index (χ3n) is 2.92. The summed E-state index contributed by atoms with van der Waals surface area (Å²) in [7, 11) is 0. The van der Waals surface area contributed by atoms with Crippen LogP contribution in [0.5, 0.6) is 0 Å². The van der Waals surface area contributed by atoms with Crippen molar-refractivity contribution in [3.63, 3.8) is 0 Å². The van der Waals surface area contributed by atoms with E-state index in [0.717, 1.165) is 13.1 Å². The summed E-state index contributed by atoms with van der Waals surface area (Å²) in [5.41, 5.74) is -0.0473. The highest BCUT2D eigenvalue weighted by Crippen LogP contribution is 2.19. The summed E-state index contributed by atoms with van der Waals surface area (Å²) in [4.78, 5) is 18.1. The van der Waals surface area contributed by atoms with E-state index in [9.17, 15) is 4.79 Å². The van der Waals surface area contributed by atoms with Crippen LogP contribution < -0.4 is 10.5 Å². The minimum Gasteiger partial charge on any atom is -0.396 e. The summed E-state index contributed by atoms with van der Waals surface area (Å²) >= 11 is 0. The van der Waals surface area contributed by atoms with Gasteiger partial charge in [0.25, 0.3) is 5.56 Å². The molecule has 0 aliphatic carbocycles. The number of aliphatic hydroxyl groups excluding tert-OH is 1. The van der Waals surface area contributed by atoms with Crippen molar-refractivity contribution < 1.29 is 5.11 Å². The number of rotatable bonds is 3. The lowest BCUT2D eigenvalue weighted by molar-refractivity contribution is 0.200. The van der Waals surface area contributed by atoms with E-state index < -0.39 is 0 Å². The maximum absolute atomic E-state index is 12.0. The number of anilines is 1. The smallest absolute Gasteiger partial charge is 0.293 e. The Labute approximate surface area is 94.3 Å². The fourth-order valence-electron chi connectivity index (χ4n) is 1.90. The van der Waals surface area contributed by atoms with E-state index in [1.165, 1.54) is 0 Å². The number of hydrogen-bond donors (Lipinski definition) is 1. The van der Waals surface area contributed by atoms with Crippen LogP contribution in [0.25, 0.3) is 0 Å². The fraction of sp³-hybridized carbons (Fsp3) is 0.636. The highest BCUT2D eigenvalue weighted by Gasteiger charge is 2.29. The molecule has 1 aromatic heterocycles. The van der Waals surface area contributed by atoms with Crippen LogP contribution in [0.2, 0.25) is 0 Å². The van der Waals surface area contributed by atoms with Crippen LogP contribution in [0.4, 0.5) is 5.82 Å². The molecule has 0 saturated carbocycles. The van der Waals surface area contributed by atoms with Gasteiger partial charge in [-0.05, 0) is 13.8 Å². The molecule has 0 bridgehead atoms. The SMILES string of the molecule is CC(C)n1ccnc(N2CC(CO)C2)c1=O.